The fraction of sp³-hybridized carbons (Fsp3) is 0.0476. The van der Waals surface area contributed by atoms with Crippen molar-refractivity contribution in [3.05, 3.63) is 83.9 Å². The third-order valence-corrected chi connectivity index (χ3v) is 3.89. The fourth-order valence-electron chi connectivity index (χ4n) is 2.49. The summed E-state index contributed by atoms with van der Waals surface area (Å²) >= 11 is 0. The summed E-state index contributed by atoms with van der Waals surface area (Å²) in [5.41, 5.74) is 5.85. The number of benzene rings is 2. The number of rotatable bonds is 7. The molecule has 0 radical (unpaired) electrons. The average molecular weight is 408 g/mol. The number of primary amides is 1. The number of halogens is 1. The van der Waals surface area contributed by atoms with Crippen molar-refractivity contribution in [2.75, 3.05) is 17.2 Å². The quantitative estimate of drug-likeness (QED) is 0.554. The molecule has 3 rings (SSSR count). The largest absolute Gasteiger partial charge is 0.484 e. The summed E-state index contributed by atoms with van der Waals surface area (Å²) in [6.07, 6.45) is 1.47. The van der Waals surface area contributed by atoms with Gasteiger partial charge in [0.05, 0.1) is 11.4 Å². The molecule has 0 aliphatic heterocycles. The molecule has 0 aliphatic rings. The third kappa shape index (κ3) is 5.38. The lowest BCUT2D eigenvalue weighted by Gasteiger charge is -2.13. The van der Waals surface area contributed by atoms with Crippen molar-refractivity contribution in [1.29, 1.82) is 0 Å². The first-order valence-corrected chi connectivity index (χ1v) is 8.77. The summed E-state index contributed by atoms with van der Waals surface area (Å²) in [5, 5.41) is 5.06. The number of anilines is 2. The van der Waals surface area contributed by atoms with E-state index in [0.29, 0.717) is 0 Å². The highest BCUT2D eigenvalue weighted by atomic mass is 19.1. The van der Waals surface area contributed by atoms with E-state index in [2.05, 4.69) is 15.6 Å². The molecular weight excluding hydrogens is 391 g/mol. The summed E-state index contributed by atoms with van der Waals surface area (Å²) in [6.45, 7) is -0.410. The molecular formula is C21H17FN4O4. The number of hydrogen-bond donors (Lipinski definition) is 3. The van der Waals surface area contributed by atoms with Crippen LogP contribution in [0.3, 0.4) is 0 Å². The molecule has 0 saturated heterocycles. The van der Waals surface area contributed by atoms with E-state index < -0.39 is 30.1 Å². The summed E-state index contributed by atoms with van der Waals surface area (Å²) in [6, 6.07) is 14.4. The van der Waals surface area contributed by atoms with Crippen molar-refractivity contribution in [3.63, 3.8) is 0 Å². The Labute approximate surface area is 170 Å². The van der Waals surface area contributed by atoms with Gasteiger partial charge in [-0.2, -0.15) is 0 Å². The van der Waals surface area contributed by atoms with Crippen LogP contribution in [0.1, 0.15) is 20.8 Å². The van der Waals surface area contributed by atoms with E-state index in [0.717, 1.165) is 12.1 Å². The Morgan fingerprint density at radius 3 is 2.53 bits per heavy atom. The first-order valence-electron chi connectivity index (χ1n) is 8.77. The number of aromatic nitrogens is 1. The highest BCUT2D eigenvalue weighted by Crippen LogP contribution is 2.23. The maximum absolute atomic E-state index is 13.7. The van der Waals surface area contributed by atoms with Crippen LogP contribution in [-0.4, -0.2) is 29.3 Å². The van der Waals surface area contributed by atoms with Gasteiger partial charge in [0.1, 0.15) is 17.3 Å². The van der Waals surface area contributed by atoms with E-state index >= 15 is 0 Å². The smallest absolute Gasteiger partial charge is 0.274 e. The number of carbonyl (C=O) groups excluding carboxylic acids is 3. The van der Waals surface area contributed by atoms with E-state index in [1.54, 1.807) is 24.3 Å². The van der Waals surface area contributed by atoms with Crippen LogP contribution in [0, 0.1) is 5.82 Å². The van der Waals surface area contributed by atoms with Gasteiger partial charge in [-0.05, 0) is 48.5 Å². The number of ether oxygens (including phenoxy) is 1. The average Bonchev–Trinajstić information content (AvgIpc) is 2.75. The van der Waals surface area contributed by atoms with Crippen LogP contribution in [0.2, 0.25) is 0 Å². The van der Waals surface area contributed by atoms with Gasteiger partial charge in [-0.15, -0.1) is 0 Å². The molecule has 30 heavy (non-hydrogen) atoms. The second-order valence-electron chi connectivity index (χ2n) is 6.09. The Morgan fingerprint density at radius 2 is 1.80 bits per heavy atom. The zero-order valence-electron chi connectivity index (χ0n) is 15.6. The van der Waals surface area contributed by atoms with E-state index in [-0.39, 0.29) is 28.4 Å². The van der Waals surface area contributed by atoms with Gasteiger partial charge < -0.3 is 21.1 Å². The Kier molecular flexibility index (Phi) is 6.33. The Bertz CT molecular complexity index is 1090. The van der Waals surface area contributed by atoms with Crippen LogP contribution < -0.4 is 21.1 Å². The summed E-state index contributed by atoms with van der Waals surface area (Å²) in [5.74, 6) is -2.07. The zero-order chi connectivity index (χ0) is 21.5. The van der Waals surface area contributed by atoms with Gasteiger partial charge in [-0.25, -0.2) is 4.39 Å². The van der Waals surface area contributed by atoms with E-state index in [1.807, 2.05) is 0 Å². The molecule has 0 unspecified atom stereocenters. The van der Waals surface area contributed by atoms with Crippen LogP contribution in [0.5, 0.6) is 5.75 Å². The fourth-order valence-corrected chi connectivity index (χ4v) is 2.49. The highest BCUT2D eigenvalue weighted by molar-refractivity contribution is 6.06. The zero-order valence-corrected chi connectivity index (χ0v) is 15.6. The van der Waals surface area contributed by atoms with Crippen molar-refractivity contribution in [3.8, 4) is 5.75 Å². The second-order valence-corrected chi connectivity index (χ2v) is 6.09. The van der Waals surface area contributed by atoms with Gasteiger partial charge in [-0.1, -0.05) is 12.1 Å². The highest BCUT2D eigenvalue weighted by Gasteiger charge is 2.13. The van der Waals surface area contributed by atoms with Gasteiger partial charge >= 0.3 is 0 Å². The van der Waals surface area contributed by atoms with Crippen molar-refractivity contribution in [1.82, 2.24) is 4.98 Å². The van der Waals surface area contributed by atoms with Crippen molar-refractivity contribution in [2.45, 2.75) is 0 Å². The van der Waals surface area contributed by atoms with Gasteiger partial charge in [0.25, 0.3) is 11.8 Å². The predicted octanol–water partition coefficient (Wildman–Crippen LogP) is 2.59. The number of amides is 3. The molecule has 0 saturated carbocycles. The lowest BCUT2D eigenvalue weighted by molar-refractivity contribution is -0.118. The minimum absolute atomic E-state index is 0.0544. The minimum atomic E-state index is -0.627. The molecule has 0 atom stereocenters. The van der Waals surface area contributed by atoms with Gasteiger partial charge in [0, 0.05) is 11.8 Å². The second kappa shape index (κ2) is 9.28. The standard InChI is InChI=1S/C21H17FN4O4/c22-14-7-8-16(26-21(29)17-6-1-2-9-24-17)18(11-14)25-19(27)12-30-15-5-3-4-13(10-15)20(23)28/h1-11H,12H2,(H2,23,28)(H,25,27)(H,26,29). The molecule has 3 amide bonds. The minimum Gasteiger partial charge on any atom is -0.484 e. The van der Waals surface area contributed by atoms with Crippen molar-refractivity contribution < 1.29 is 23.5 Å². The molecule has 8 nitrogen and oxygen atoms in total. The first-order chi connectivity index (χ1) is 14.4. The third-order valence-electron chi connectivity index (χ3n) is 3.89. The summed E-state index contributed by atoms with van der Waals surface area (Å²) in [7, 11) is 0. The van der Waals surface area contributed by atoms with E-state index in [9.17, 15) is 18.8 Å². The maximum atomic E-state index is 13.7. The van der Waals surface area contributed by atoms with E-state index in [1.165, 1.54) is 30.5 Å². The molecule has 4 N–H and O–H groups in total. The molecule has 3 aromatic rings. The monoisotopic (exact) mass is 408 g/mol. The van der Waals surface area contributed by atoms with Crippen molar-refractivity contribution >= 4 is 29.1 Å². The molecule has 152 valence electrons. The lowest BCUT2D eigenvalue weighted by atomic mass is 10.2. The molecule has 0 spiro atoms. The number of hydrogen-bond acceptors (Lipinski definition) is 5. The van der Waals surface area contributed by atoms with Crippen molar-refractivity contribution in [2.24, 2.45) is 5.73 Å². The Balaban J connectivity index is 1.67. The molecule has 1 aromatic heterocycles. The molecule has 0 aliphatic carbocycles. The van der Waals surface area contributed by atoms with Crippen LogP contribution in [0.15, 0.2) is 66.9 Å². The lowest BCUT2D eigenvalue weighted by Crippen LogP contribution is -2.22. The first kappa shape index (κ1) is 20.5. The van der Waals surface area contributed by atoms with Gasteiger partial charge in [-0.3, -0.25) is 19.4 Å². The number of nitrogens with two attached hydrogens (primary N) is 1. The molecule has 9 heteroatoms. The normalized spacial score (nSPS) is 10.2. The predicted molar refractivity (Wildman–Crippen MR) is 108 cm³/mol. The SMILES string of the molecule is NC(=O)c1cccc(OCC(=O)Nc2cc(F)ccc2NC(=O)c2ccccn2)c1. The van der Waals surface area contributed by atoms with Crippen LogP contribution in [0.4, 0.5) is 15.8 Å². The Morgan fingerprint density at radius 1 is 0.967 bits per heavy atom. The molecule has 0 bridgehead atoms. The van der Waals surface area contributed by atoms with Gasteiger partial charge in [0.2, 0.25) is 5.91 Å². The Hall–Kier alpha value is -4.27. The van der Waals surface area contributed by atoms with Crippen LogP contribution in [-0.2, 0) is 4.79 Å². The number of carbonyl (C=O) groups is 3. The van der Waals surface area contributed by atoms with Crippen LogP contribution in [0.25, 0.3) is 0 Å². The van der Waals surface area contributed by atoms with E-state index in [4.69, 9.17) is 10.5 Å². The van der Waals surface area contributed by atoms with Crippen LogP contribution >= 0.6 is 0 Å². The maximum Gasteiger partial charge on any atom is 0.274 e. The van der Waals surface area contributed by atoms with Gasteiger partial charge in [0.15, 0.2) is 6.61 Å². The topological polar surface area (TPSA) is 123 Å². The number of pyridine rings is 1. The number of nitrogens with zero attached hydrogens (tertiary/aromatic N) is 1. The molecule has 1 heterocycles. The molecule has 0 fully saturated rings. The number of nitrogens with one attached hydrogen (secondary N) is 2. The summed E-state index contributed by atoms with van der Waals surface area (Å²) in [4.78, 5) is 39.7. The summed E-state index contributed by atoms with van der Waals surface area (Å²) < 4.78 is 19.0. The molecule has 2 aromatic carbocycles.